The zero-order chi connectivity index (χ0) is 22.7. The molecule has 30 heavy (non-hydrogen) atoms. The Morgan fingerprint density at radius 3 is 1.03 bits per heavy atom. The Morgan fingerprint density at radius 2 is 0.800 bits per heavy atom. The van der Waals surface area contributed by atoms with Crippen LogP contribution in [-0.2, 0) is 23.7 Å². The van der Waals surface area contributed by atoms with Crippen molar-refractivity contribution in [3.63, 3.8) is 0 Å². The highest BCUT2D eigenvalue weighted by Crippen LogP contribution is 2.39. The van der Waals surface area contributed by atoms with Crippen molar-refractivity contribution in [2.45, 2.75) is 65.2 Å². The average molecular weight is 415 g/mol. The summed E-state index contributed by atoms with van der Waals surface area (Å²) in [7, 11) is 6.89. The monoisotopic (exact) mass is 414 g/mol. The molecule has 4 nitrogen and oxygen atoms in total. The zero-order valence-electron chi connectivity index (χ0n) is 20.4. The van der Waals surface area contributed by atoms with Crippen molar-refractivity contribution in [3.05, 3.63) is 46.5 Å². The van der Waals surface area contributed by atoms with Crippen LogP contribution < -0.4 is 18.9 Å². The Hall–Kier alpha value is -2.36. The van der Waals surface area contributed by atoms with Crippen LogP contribution in [0, 0.1) is 0 Å². The van der Waals surface area contributed by atoms with Crippen molar-refractivity contribution in [3.8, 4) is 23.0 Å². The van der Waals surface area contributed by atoms with Gasteiger partial charge in [0.1, 0.15) is 23.0 Å². The normalized spacial score (nSPS) is 11.9. The van der Waals surface area contributed by atoms with E-state index in [1.807, 2.05) is 0 Å². The van der Waals surface area contributed by atoms with Gasteiger partial charge in [0, 0.05) is 11.1 Å². The van der Waals surface area contributed by atoms with Crippen LogP contribution in [0.25, 0.3) is 0 Å². The number of ether oxygens (including phenoxy) is 4. The van der Waals surface area contributed by atoms with Gasteiger partial charge in [0.25, 0.3) is 0 Å². The van der Waals surface area contributed by atoms with Crippen LogP contribution in [0.5, 0.6) is 23.0 Å². The first-order valence-electron chi connectivity index (χ1n) is 10.5. The largest absolute Gasteiger partial charge is 0.496 e. The topological polar surface area (TPSA) is 36.9 Å². The van der Waals surface area contributed by atoms with Crippen molar-refractivity contribution in [2.24, 2.45) is 0 Å². The molecule has 0 heterocycles. The quantitative estimate of drug-likeness (QED) is 0.548. The molecule has 0 N–H and O–H groups in total. The lowest BCUT2D eigenvalue weighted by molar-refractivity contribution is 0.382. The lowest BCUT2D eigenvalue weighted by atomic mass is 9.84. The van der Waals surface area contributed by atoms with E-state index < -0.39 is 0 Å². The van der Waals surface area contributed by atoms with E-state index in [1.165, 1.54) is 0 Å². The number of hydrogen-bond acceptors (Lipinski definition) is 4. The maximum atomic E-state index is 5.72. The second-order valence-electron chi connectivity index (χ2n) is 9.73. The van der Waals surface area contributed by atoms with Gasteiger partial charge < -0.3 is 18.9 Å². The average Bonchev–Trinajstić information content (AvgIpc) is 2.69. The van der Waals surface area contributed by atoms with E-state index >= 15 is 0 Å². The molecular formula is C26H38O4. The molecule has 0 amide bonds. The lowest BCUT2D eigenvalue weighted by Gasteiger charge is -2.25. The molecular weight excluding hydrogens is 376 g/mol. The van der Waals surface area contributed by atoms with Crippen molar-refractivity contribution >= 4 is 0 Å². The first kappa shape index (κ1) is 23.9. The molecule has 2 aromatic rings. The van der Waals surface area contributed by atoms with Crippen LogP contribution in [-0.4, -0.2) is 28.4 Å². The van der Waals surface area contributed by atoms with E-state index in [4.69, 9.17) is 18.9 Å². The van der Waals surface area contributed by atoms with E-state index in [2.05, 4.69) is 65.8 Å². The predicted octanol–water partition coefficient (Wildman–Crippen LogP) is 6.10. The summed E-state index contributed by atoms with van der Waals surface area (Å²) < 4.78 is 22.8. The molecule has 0 bridgehead atoms. The second-order valence-corrected chi connectivity index (χ2v) is 9.73. The highest BCUT2D eigenvalue weighted by molar-refractivity contribution is 5.52. The van der Waals surface area contributed by atoms with Crippen molar-refractivity contribution in [1.29, 1.82) is 0 Å². The summed E-state index contributed by atoms with van der Waals surface area (Å²) in [6.45, 7) is 13.1. The second kappa shape index (κ2) is 9.20. The third-order valence-corrected chi connectivity index (χ3v) is 5.48. The minimum Gasteiger partial charge on any atom is -0.496 e. The zero-order valence-corrected chi connectivity index (χ0v) is 20.4. The third kappa shape index (κ3) is 5.21. The van der Waals surface area contributed by atoms with Gasteiger partial charge in [0.05, 0.1) is 28.4 Å². The van der Waals surface area contributed by atoms with Crippen LogP contribution in [0.3, 0.4) is 0 Å². The van der Waals surface area contributed by atoms with Gasteiger partial charge in [-0.05, 0) is 59.1 Å². The van der Waals surface area contributed by atoms with E-state index in [0.717, 1.165) is 58.1 Å². The first-order chi connectivity index (χ1) is 14.0. The number of benzene rings is 2. The first-order valence-corrected chi connectivity index (χ1v) is 10.5. The summed E-state index contributed by atoms with van der Waals surface area (Å²) in [5, 5.41) is 0. The van der Waals surface area contributed by atoms with Crippen LogP contribution >= 0.6 is 0 Å². The molecule has 2 aromatic carbocycles. The summed E-state index contributed by atoms with van der Waals surface area (Å²) in [4.78, 5) is 0. The summed E-state index contributed by atoms with van der Waals surface area (Å²) in [6.07, 6.45) is 1.61. The van der Waals surface area contributed by atoms with Gasteiger partial charge >= 0.3 is 0 Å². The van der Waals surface area contributed by atoms with E-state index in [1.54, 1.807) is 28.4 Å². The lowest BCUT2D eigenvalue weighted by Crippen LogP contribution is -2.14. The molecule has 2 rings (SSSR count). The van der Waals surface area contributed by atoms with E-state index in [0.29, 0.717) is 0 Å². The minimum atomic E-state index is -0.0312. The van der Waals surface area contributed by atoms with Gasteiger partial charge in [-0.2, -0.15) is 0 Å². The fraction of sp³-hybridized carbons (Fsp3) is 0.538. The number of aryl methyl sites for hydroxylation is 2. The summed E-state index contributed by atoms with van der Waals surface area (Å²) >= 11 is 0. The van der Waals surface area contributed by atoms with Gasteiger partial charge in [-0.1, -0.05) is 41.5 Å². The van der Waals surface area contributed by atoms with Crippen LogP contribution in [0.2, 0.25) is 0 Å². The van der Waals surface area contributed by atoms with Gasteiger partial charge in [-0.25, -0.2) is 0 Å². The summed E-state index contributed by atoms with van der Waals surface area (Å²) in [5.41, 5.74) is 4.44. The summed E-state index contributed by atoms with van der Waals surface area (Å²) in [6, 6.07) is 8.42. The fourth-order valence-electron chi connectivity index (χ4n) is 3.75. The molecule has 0 unspecified atom stereocenters. The molecule has 0 saturated carbocycles. The molecule has 4 heteroatoms. The van der Waals surface area contributed by atoms with Crippen molar-refractivity contribution in [2.75, 3.05) is 28.4 Å². The predicted molar refractivity (Wildman–Crippen MR) is 124 cm³/mol. The van der Waals surface area contributed by atoms with Crippen molar-refractivity contribution < 1.29 is 18.9 Å². The van der Waals surface area contributed by atoms with E-state index in [9.17, 15) is 0 Å². The van der Waals surface area contributed by atoms with Gasteiger partial charge in [-0.3, -0.25) is 0 Å². The maximum absolute atomic E-state index is 5.72. The van der Waals surface area contributed by atoms with Gasteiger partial charge in [0.15, 0.2) is 0 Å². The standard InChI is InChI=1S/C26H38O4/c1-25(2,3)19-15-21(27-7)17(13-23(19)29-9)11-12-18-14-24(30-10)20(26(4,5)6)16-22(18)28-8/h13-16H,11-12H2,1-10H3. The Morgan fingerprint density at radius 1 is 0.500 bits per heavy atom. The molecule has 0 aliphatic rings. The molecule has 0 aliphatic heterocycles. The molecule has 0 radical (unpaired) electrons. The Balaban J connectivity index is 2.43. The highest BCUT2D eigenvalue weighted by atomic mass is 16.5. The smallest absolute Gasteiger partial charge is 0.123 e. The number of rotatable bonds is 7. The van der Waals surface area contributed by atoms with Crippen molar-refractivity contribution in [1.82, 2.24) is 0 Å². The molecule has 0 aromatic heterocycles. The number of methoxy groups -OCH3 is 4. The van der Waals surface area contributed by atoms with Crippen LogP contribution in [0.15, 0.2) is 24.3 Å². The molecule has 0 spiro atoms. The Bertz CT molecular complexity index is 797. The Kier molecular flexibility index (Phi) is 7.33. The molecule has 166 valence electrons. The molecule has 0 atom stereocenters. The van der Waals surface area contributed by atoms with Crippen LogP contribution in [0.1, 0.15) is 63.8 Å². The van der Waals surface area contributed by atoms with Crippen LogP contribution in [0.4, 0.5) is 0 Å². The van der Waals surface area contributed by atoms with Gasteiger partial charge in [0.2, 0.25) is 0 Å². The maximum Gasteiger partial charge on any atom is 0.123 e. The minimum absolute atomic E-state index is 0.0312. The van der Waals surface area contributed by atoms with E-state index in [-0.39, 0.29) is 10.8 Å². The molecule has 0 aliphatic carbocycles. The fourth-order valence-corrected chi connectivity index (χ4v) is 3.75. The number of hydrogen-bond donors (Lipinski definition) is 0. The molecule has 0 saturated heterocycles. The van der Waals surface area contributed by atoms with Gasteiger partial charge in [-0.15, -0.1) is 0 Å². The summed E-state index contributed by atoms with van der Waals surface area (Å²) in [5.74, 6) is 3.56. The third-order valence-electron chi connectivity index (χ3n) is 5.48. The SMILES string of the molecule is COc1cc(C(C)(C)C)c(OC)cc1CCc1cc(OC)c(C(C)(C)C)cc1OC. The highest BCUT2D eigenvalue weighted by Gasteiger charge is 2.24. The molecule has 0 fully saturated rings. The Labute approximate surface area is 182 Å².